The summed E-state index contributed by atoms with van der Waals surface area (Å²) in [5.74, 6) is 1.11. The molecule has 3 atom stereocenters. The quantitative estimate of drug-likeness (QED) is 0.707. The normalized spacial score (nSPS) is 31.1. The van der Waals surface area contributed by atoms with Crippen LogP contribution in [0.4, 0.5) is 0 Å². The van der Waals surface area contributed by atoms with Gasteiger partial charge in [-0.15, -0.1) is 0 Å². The number of ether oxygens (including phenoxy) is 1. The van der Waals surface area contributed by atoms with E-state index in [1.807, 2.05) is 0 Å². The molecule has 2 nitrogen and oxygen atoms in total. The van der Waals surface area contributed by atoms with E-state index in [1.165, 1.54) is 25.7 Å². The Kier molecular flexibility index (Phi) is 5.49. The molecule has 0 aromatic heterocycles. The van der Waals surface area contributed by atoms with Gasteiger partial charge in [-0.25, -0.2) is 0 Å². The Morgan fingerprint density at radius 3 is 2.71 bits per heavy atom. The lowest BCUT2D eigenvalue weighted by atomic mass is 9.83. The second-order valence-electron chi connectivity index (χ2n) is 4.63. The van der Waals surface area contributed by atoms with Gasteiger partial charge in [-0.1, -0.05) is 26.2 Å². The van der Waals surface area contributed by atoms with Gasteiger partial charge in [0.05, 0.1) is 6.10 Å². The Morgan fingerprint density at radius 2 is 2.00 bits per heavy atom. The summed E-state index contributed by atoms with van der Waals surface area (Å²) in [7, 11) is 1.75. The molecule has 1 saturated carbocycles. The van der Waals surface area contributed by atoms with Gasteiger partial charge in [0.1, 0.15) is 0 Å². The van der Waals surface area contributed by atoms with Crippen molar-refractivity contribution in [3.63, 3.8) is 0 Å². The lowest BCUT2D eigenvalue weighted by Crippen LogP contribution is -2.26. The molecule has 1 aliphatic carbocycles. The minimum atomic E-state index is -0.0654. The van der Waals surface area contributed by atoms with Crippen LogP contribution in [0, 0.1) is 11.8 Å². The molecule has 0 aliphatic heterocycles. The monoisotopic (exact) mass is 200 g/mol. The van der Waals surface area contributed by atoms with Crippen molar-refractivity contribution in [2.24, 2.45) is 11.8 Å². The third-order valence-electron chi connectivity index (χ3n) is 3.54. The molecule has 1 rings (SSSR count). The van der Waals surface area contributed by atoms with Gasteiger partial charge >= 0.3 is 0 Å². The van der Waals surface area contributed by atoms with Crippen LogP contribution in [0.25, 0.3) is 0 Å². The van der Waals surface area contributed by atoms with Gasteiger partial charge in [-0.3, -0.25) is 0 Å². The summed E-state index contributed by atoms with van der Waals surface area (Å²) < 4.78 is 5.09. The van der Waals surface area contributed by atoms with E-state index < -0.39 is 0 Å². The molecule has 1 aliphatic rings. The van der Waals surface area contributed by atoms with Crippen LogP contribution in [0.3, 0.4) is 0 Å². The van der Waals surface area contributed by atoms with Gasteiger partial charge in [0.2, 0.25) is 0 Å². The van der Waals surface area contributed by atoms with E-state index in [9.17, 15) is 5.11 Å². The molecule has 2 heteroatoms. The molecular weight excluding hydrogens is 176 g/mol. The van der Waals surface area contributed by atoms with Crippen molar-refractivity contribution in [3.05, 3.63) is 0 Å². The highest BCUT2D eigenvalue weighted by Crippen LogP contribution is 2.30. The third kappa shape index (κ3) is 3.58. The predicted molar refractivity (Wildman–Crippen MR) is 58.2 cm³/mol. The second-order valence-corrected chi connectivity index (χ2v) is 4.63. The number of hydrogen-bond acceptors (Lipinski definition) is 2. The zero-order valence-electron chi connectivity index (χ0n) is 9.54. The maximum Gasteiger partial charge on any atom is 0.0571 e. The van der Waals surface area contributed by atoms with E-state index in [4.69, 9.17) is 4.74 Å². The Hall–Kier alpha value is -0.0800. The smallest absolute Gasteiger partial charge is 0.0571 e. The summed E-state index contributed by atoms with van der Waals surface area (Å²) in [6.07, 6.45) is 7.01. The van der Waals surface area contributed by atoms with Gasteiger partial charge in [0, 0.05) is 13.7 Å². The molecule has 3 unspecified atom stereocenters. The lowest BCUT2D eigenvalue weighted by molar-refractivity contribution is 0.0582. The molecule has 0 radical (unpaired) electrons. The minimum Gasteiger partial charge on any atom is -0.393 e. The van der Waals surface area contributed by atoms with Crippen LogP contribution < -0.4 is 0 Å². The van der Waals surface area contributed by atoms with Crippen molar-refractivity contribution in [2.75, 3.05) is 13.7 Å². The molecule has 84 valence electrons. The van der Waals surface area contributed by atoms with Gasteiger partial charge < -0.3 is 9.84 Å². The molecular formula is C12H24O2. The molecule has 0 amide bonds. The first-order chi connectivity index (χ1) is 6.75. The summed E-state index contributed by atoms with van der Waals surface area (Å²) in [5.41, 5.74) is 0. The largest absolute Gasteiger partial charge is 0.393 e. The molecule has 0 bridgehead atoms. The molecule has 1 N–H and O–H groups in total. The van der Waals surface area contributed by atoms with Gasteiger partial charge in [-0.05, 0) is 31.1 Å². The summed E-state index contributed by atoms with van der Waals surface area (Å²) in [5, 5.41) is 9.98. The van der Waals surface area contributed by atoms with Crippen LogP contribution in [0.1, 0.15) is 45.4 Å². The zero-order chi connectivity index (χ0) is 10.4. The summed E-state index contributed by atoms with van der Waals surface area (Å²) in [4.78, 5) is 0. The fraction of sp³-hybridized carbons (Fsp3) is 1.00. The van der Waals surface area contributed by atoms with E-state index >= 15 is 0 Å². The van der Waals surface area contributed by atoms with Crippen molar-refractivity contribution in [1.29, 1.82) is 0 Å². The van der Waals surface area contributed by atoms with Crippen molar-refractivity contribution < 1.29 is 9.84 Å². The van der Waals surface area contributed by atoms with Crippen LogP contribution in [-0.4, -0.2) is 24.9 Å². The maximum atomic E-state index is 9.98. The maximum absolute atomic E-state index is 9.98. The number of rotatable bonds is 4. The highest BCUT2D eigenvalue weighted by molar-refractivity contribution is 4.77. The van der Waals surface area contributed by atoms with E-state index in [0.717, 1.165) is 19.4 Å². The van der Waals surface area contributed by atoms with Crippen LogP contribution in [0.15, 0.2) is 0 Å². The van der Waals surface area contributed by atoms with E-state index in [-0.39, 0.29) is 6.10 Å². The topological polar surface area (TPSA) is 29.5 Å². The molecule has 0 heterocycles. The summed E-state index contributed by atoms with van der Waals surface area (Å²) in [6.45, 7) is 3.07. The highest BCUT2D eigenvalue weighted by atomic mass is 16.5. The number of aliphatic hydroxyl groups is 1. The molecule has 0 aromatic carbocycles. The molecule has 0 spiro atoms. The number of methoxy groups -OCH3 is 1. The van der Waals surface area contributed by atoms with Crippen molar-refractivity contribution in [3.8, 4) is 0 Å². The SMILES string of the molecule is COCCC(C)C1CCCCCC1O. The third-order valence-corrected chi connectivity index (χ3v) is 3.54. The van der Waals surface area contributed by atoms with Crippen LogP contribution >= 0.6 is 0 Å². The van der Waals surface area contributed by atoms with Gasteiger partial charge in [0.15, 0.2) is 0 Å². The zero-order valence-corrected chi connectivity index (χ0v) is 9.54. The van der Waals surface area contributed by atoms with Crippen LogP contribution in [0.5, 0.6) is 0 Å². The average Bonchev–Trinajstić information content (AvgIpc) is 2.39. The molecule has 1 fully saturated rings. The first-order valence-electron chi connectivity index (χ1n) is 5.92. The fourth-order valence-electron chi connectivity index (χ4n) is 2.50. The van der Waals surface area contributed by atoms with Gasteiger partial charge in [-0.2, -0.15) is 0 Å². The Labute approximate surface area is 87.7 Å². The van der Waals surface area contributed by atoms with Crippen molar-refractivity contribution in [2.45, 2.75) is 51.6 Å². The van der Waals surface area contributed by atoms with Crippen LogP contribution in [0.2, 0.25) is 0 Å². The number of hydrogen-bond donors (Lipinski definition) is 1. The predicted octanol–water partition coefficient (Wildman–Crippen LogP) is 2.60. The second kappa shape index (κ2) is 6.41. The van der Waals surface area contributed by atoms with Crippen LogP contribution in [-0.2, 0) is 4.74 Å². The molecule has 14 heavy (non-hydrogen) atoms. The van der Waals surface area contributed by atoms with E-state index in [1.54, 1.807) is 7.11 Å². The van der Waals surface area contributed by atoms with E-state index in [0.29, 0.717) is 11.8 Å². The minimum absolute atomic E-state index is 0.0654. The Morgan fingerprint density at radius 1 is 1.29 bits per heavy atom. The standard InChI is InChI=1S/C12H24O2/c1-10(8-9-14-2)11-6-4-3-5-7-12(11)13/h10-13H,3-9H2,1-2H3. The summed E-state index contributed by atoms with van der Waals surface area (Å²) >= 11 is 0. The number of aliphatic hydroxyl groups excluding tert-OH is 1. The lowest BCUT2D eigenvalue weighted by Gasteiger charge is -2.26. The fourth-order valence-corrected chi connectivity index (χ4v) is 2.50. The first-order valence-corrected chi connectivity index (χ1v) is 5.92. The Balaban J connectivity index is 2.37. The highest BCUT2D eigenvalue weighted by Gasteiger charge is 2.26. The van der Waals surface area contributed by atoms with Crippen molar-refractivity contribution in [1.82, 2.24) is 0 Å². The first kappa shape index (κ1) is 12.0. The van der Waals surface area contributed by atoms with Gasteiger partial charge in [0.25, 0.3) is 0 Å². The Bertz CT molecular complexity index is 147. The average molecular weight is 200 g/mol. The van der Waals surface area contributed by atoms with Crippen molar-refractivity contribution >= 4 is 0 Å². The molecule has 0 aromatic rings. The van der Waals surface area contributed by atoms with E-state index in [2.05, 4.69) is 6.92 Å². The molecule has 0 saturated heterocycles. The summed E-state index contributed by atoms with van der Waals surface area (Å²) in [6, 6.07) is 0.